The van der Waals surface area contributed by atoms with Crippen LogP contribution in [-0.4, -0.2) is 30.7 Å². The molecule has 0 aliphatic carbocycles. The van der Waals surface area contributed by atoms with E-state index in [-0.39, 0.29) is 18.8 Å². The predicted molar refractivity (Wildman–Crippen MR) is 101 cm³/mol. The summed E-state index contributed by atoms with van der Waals surface area (Å²) < 4.78 is 15.6. The molecule has 1 heterocycles. The molecule has 2 N–H and O–H groups in total. The second kappa shape index (κ2) is 8.75. The van der Waals surface area contributed by atoms with Crippen LogP contribution in [-0.2, 0) is 14.3 Å². The van der Waals surface area contributed by atoms with Crippen molar-refractivity contribution >= 4 is 29.2 Å². The topological polar surface area (TPSA) is 127 Å². The van der Waals surface area contributed by atoms with Crippen molar-refractivity contribution in [2.75, 3.05) is 17.4 Å². The summed E-state index contributed by atoms with van der Waals surface area (Å²) in [5, 5.41) is 13.6. The molecule has 9 nitrogen and oxygen atoms in total. The molecule has 0 saturated carbocycles. The predicted octanol–water partition coefficient (Wildman–Crippen LogP) is 2.45. The van der Waals surface area contributed by atoms with E-state index >= 15 is 0 Å². The first kappa shape index (κ1) is 19.7. The lowest BCUT2D eigenvalue weighted by atomic mass is 10.2. The van der Waals surface area contributed by atoms with E-state index in [1.54, 1.807) is 24.3 Å². The van der Waals surface area contributed by atoms with Gasteiger partial charge in [0, 0.05) is 17.4 Å². The number of hydrogen-bond acceptors (Lipinski definition) is 7. The quantitative estimate of drug-likeness (QED) is 0.719. The standard InChI is InChI=1S/C20H17N3O6/c1-12(19(25)23-15-6-7-16-17(10-15)28-11-27-16)29-20(26)13-2-4-14(5-3-13)22-18(24)8-9-21/h2-7,10,12H,8,11H2,1H3,(H,22,24)(H,23,25). The van der Waals surface area contributed by atoms with Crippen LogP contribution in [0.3, 0.4) is 0 Å². The van der Waals surface area contributed by atoms with E-state index in [0.29, 0.717) is 22.9 Å². The number of anilines is 2. The van der Waals surface area contributed by atoms with Crippen molar-refractivity contribution in [2.24, 2.45) is 0 Å². The number of nitrogens with one attached hydrogen (secondary N) is 2. The molecule has 1 unspecified atom stereocenters. The molecule has 0 saturated heterocycles. The van der Waals surface area contributed by atoms with Crippen LogP contribution in [0.1, 0.15) is 23.7 Å². The SMILES string of the molecule is CC(OC(=O)c1ccc(NC(=O)CC#N)cc1)C(=O)Nc1ccc2c(c1)OCO2. The maximum Gasteiger partial charge on any atom is 0.338 e. The van der Waals surface area contributed by atoms with Crippen molar-refractivity contribution in [1.82, 2.24) is 0 Å². The molecule has 2 aromatic carbocycles. The van der Waals surface area contributed by atoms with Gasteiger partial charge in [-0.15, -0.1) is 0 Å². The molecule has 0 radical (unpaired) electrons. The summed E-state index contributed by atoms with van der Waals surface area (Å²) in [4.78, 5) is 35.9. The Labute approximate surface area is 166 Å². The van der Waals surface area contributed by atoms with Crippen LogP contribution in [0.25, 0.3) is 0 Å². The molecule has 0 bridgehead atoms. The summed E-state index contributed by atoms with van der Waals surface area (Å²) in [6.07, 6.45) is -1.30. The fraction of sp³-hybridized carbons (Fsp3) is 0.200. The summed E-state index contributed by atoms with van der Waals surface area (Å²) in [7, 11) is 0. The molecule has 0 fully saturated rings. The normalized spacial score (nSPS) is 12.4. The number of benzene rings is 2. The maximum atomic E-state index is 12.3. The average Bonchev–Trinajstić information content (AvgIpc) is 3.16. The van der Waals surface area contributed by atoms with Gasteiger partial charge in [0.15, 0.2) is 17.6 Å². The zero-order valence-corrected chi connectivity index (χ0v) is 15.4. The highest BCUT2D eigenvalue weighted by Crippen LogP contribution is 2.34. The molecule has 1 atom stereocenters. The smallest absolute Gasteiger partial charge is 0.338 e. The molecule has 1 aliphatic rings. The lowest BCUT2D eigenvalue weighted by molar-refractivity contribution is -0.123. The second-order valence-electron chi connectivity index (χ2n) is 6.07. The zero-order valence-electron chi connectivity index (χ0n) is 15.4. The van der Waals surface area contributed by atoms with Gasteiger partial charge in [-0.3, -0.25) is 9.59 Å². The van der Waals surface area contributed by atoms with E-state index in [2.05, 4.69) is 10.6 Å². The third-order valence-electron chi connectivity index (χ3n) is 3.94. The Balaban J connectivity index is 1.54. The fourth-order valence-corrected chi connectivity index (χ4v) is 2.47. The van der Waals surface area contributed by atoms with Crippen LogP contribution in [0.5, 0.6) is 11.5 Å². The van der Waals surface area contributed by atoms with Crippen LogP contribution < -0.4 is 20.1 Å². The molecular weight excluding hydrogens is 378 g/mol. The zero-order chi connectivity index (χ0) is 20.8. The number of fused-ring (bicyclic) bond motifs is 1. The monoisotopic (exact) mass is 395 g/mol. The largest absolute Gasteiger partial charge is 0.454 e. The molecular formula is C20H17N3O6. The van der Waals surface area contributed by atoms with Gasteiger partial charge < -0.3 is 24.8 Å². The average molecular weight is 395 g/mol. The maximum absolute atomic E-state index is 12.3. The third-order valence-corrected chi connectivity index (χ3v) is 3.94. The number of nitrogens with zero attached hydrogens (tertiary/aromatic N) is 1. The Bertz CT molecular complexity index is 981. The summed E-state index contributed by atoms with van der Waals surface area (Å²) in [6, 6.07) is 12.6. The summed E-state index contributed by atoms with van der Waals surface area (Å²) in [5.41, 5.74) is 1.14. The first-order valence-corrected chi connectivity index (χ1v) is 8.64. The summed E-state index contributed by atoms with van der Waals surface area (Å²) >= 11 is 0. The van der Waals surface area contributed by atoms with Crippen molar-refractivity contribution in [3.05, 3.63) is 48.0 Å². The van der Waals surface area contributed by atoms with Gasteiger partial charge in [0.2, 0.25) is 12.7 Å². The number of ether oxygens (including phenoxy) is 3. The van der Waals surface area contributed by atoms with Crippen molar-refractivity contribution in [3.8, 4) is 17.6 Å². The molecule has 0 spiro atoms. The number of rotatable bonds is 6. The minimum atomic E-state index is -1.04. The highest BCUT2D eigenvalue weighted by Gasteiger charge is 2.20. The van der Waals surface area contributed by atoms with Gasteiger partial charge >= 0.3 is 5.97 Å². The lowest BCUT2D eigenvalue weighted by Crippen LogP contribution is -2.30. The van der Waals surface area contributed by atoms with E-state index in [1.165, 1.54) is 31.2 Å². The van der Waals surface area contributed by atoms with Crippen LogP contribution in [0.15, 0.2) is 42.5 Å². The van der Waals surface area contributed by atoms with Gasteiger partial charge in [0.25, 0.3) is 5.91 Å². The third kappa shape index (κ3) is 5.01. The van der Waals surface area contributed by atoms with Crippen molar-refractivity contribution in [1.29, 1.82) is 5.26 Å². The van der Waals surface area contributed by atoms with Gasteiger partial charge in [-0.05, 0) is 43.3 Å². The Kier molecular flexibility index (Phi) is 5.94. The number of carbonyl (C=O) groups is 3. The summed E-state index contributed by atoms with van der Waals surface area (Å²) in [5.74, 6) is -0.522. The lowest BCUT2D eigenvalue weighted by Gasteiger charge is -2.14. The number of esters is 1. The Morgan fingerprint density at radius 1 is 1.07 bits per heavy atom. The van der Waals surface area contributed by atoms with Gasteiger partial charge in [0.05, 0.1) is 11.6 Å². The van der Waals surface area contributed by atoms with E-state index in [1.807, 2.05) is 0 Å². The number of nitriles is 1. The second-order valence-corrected chi connectivity index (χ2v) is 6.07. The van der Waals surface area contributed by atoms with Crippen molar-refractivity contribution in [3.63, 3.8) is 0 Å². The van der Waals surface area contributed by atoms with E-state index in [0.717, 1.165) is 0 Å². The molecule has 9 heteroatoms. The Morgan fingerprint density at radius 3 is 2.48 bits per heavy atom. The van der Waals surface area contributed by atoms with Crippen molar-refractivity contribution < 1.29 is 28.6 Å². The van der Waals surface area contributed by atoms with E-state index in [9.17, 15) is 14.4 Å². The first-order valence-electron chi connectivity index (χ1n) is 8.64. The van der Waals surface area contributed by atoms with Gasteiger partial charge in [0.1, 0.15) is 6.42 Å². The minimum Gasteiger partial charge on any atom is -0.454 e. The number of amides is 2. The van der Waals surface area contributed by atoms with Crippen LogP contribution in [0.2, 0.25) is 0 Å². The highest BCUT2D eigenvalue weighted by atomic mass is 16.7. The molecule has 1 aliphatic heterocycles. The molecule has 148 valence electrons. The van der Waals surface area contributed by atoms with Crippen LogP contribution >= 0.6 is 0 Å². The van der Waals surface area contributed by atoms with E-state index < -0.39 is 23.9 Å². The molecule has 2 aromatic rings. The van der Waals surface area contributed by atoms with E-state index in [4.69, 9.17) is 19.5 Å². The summed E-state index contributed by atoms with van der Waals surface area (Å²) in [6.45, 7) is 1.58. The number of hydrogen-bond donors (Lipinski definition) is 2. The first-order chi connectivity index (χ1) is 14.0. The van der Waals surface area contributed by atoms with Gasteiger partial charge in [-0.2, -0.15) is 5.26 Å². The Morgan fingerprint density at radius 2 is 1.76 bits per heavy atom. The van der Waals surface area contributed by atoms with Crippen molar-refractivity contribution in [2.45, 2.75) is 19.4 Å². The van der Waals surface area contributed by atoms with Crippen LogP contribution in [0.4, 0.5) is 11.4 Å². The van der Waals surface area contributed by atoms with Gasteiger partial charge in [-0.1, -0.05) is 0 Å². The highest BCUT2D eigenvalue weighted by molar-refractivity contribution is 5.98. The molecule has 2 amide bonds. The van der Waals surface area contributed by atoms with Crippen LogP contribution in [0, 0.1) is 11.3 Å². The Hall–Kier alpha value is -4.06. The molecule has 3 rings (SSSR count). The number of carbonyl (C=O) groups excluding carboxylic acids is 3. The molecule has 29 heavy (non-hydrogen) atoms. The fourth-order valence-electron chi connectivity index (χ4n) is 2.47. The minimum absolute atomic E-state index is 0.127. The van der Waals surface area contributed by atoms with Gasteiger partial charge in [-0.25, -0.2) is 4.79 Å². The molecule has 0 aromatic heterocycles.